The van der Waals surface area contributed by atoms with Gasteiger partial charge in [-0.2, -0.15) is 5.21 Å². The summed E-state index contributed by atoms with van der Waals surface area (Å²) in [7, 11) is 0. The Balaban J connectivity index is 2.02. The van der Waals surface area contributed by atoms with Crippen LogP contribution < -0.4 is 11.1 Å². The third-order valence-electron chi connectivity index (χ3n) is 2.19. The third kappa shape index (κ3) is 2.54. The number of hydrogen-bond acceptors (Lipinski definition) is 4. The van der Waals surface area contributed by atoms with Crippen LogP contribution in [-0.4, -0.2) is 21.3 Å². The summed E-state index contributed by atoms with van der Waals surface area (Å²) in [4.78, 5) is 11.7. The van der Waals surface area contributed by atoms with Crippen LogP contribution >= 0.6 is 11.6 Å². The molecule has 0 saturated heterocycles. The molecule has 0 bridgehead atoms. The molecule has 88 valence electrons. The highest BCUT2D eigenvalue weighted by atomic mass is 35.5. The molecule has 1 amide bonds. The maximum atomic E-state index is 11.7. The summed E-state index contributed by atoms with van der Waals surface area (Å²) >= 11 is 5.95. The second kappa shape index (κ2) is 4.84. The molecule has 0 unspecified atom stereocenters. The Hall–Kier alpha value is -2.08. The van der Waals surface area contributed by atoms with Crippen molar-refractivity contribution < 1.29 is 4.79 Å². The first-order valence-corrected chi connectivity index (χ1v) is 5.24. The van der Waals surface area contributed by atoms with E-state index < -0.39 is 5.91 Å². The lowest BCUT2D eigenvalue weighted by molar-refractivity contribution is 0.0947. The van der Waals surface area contributed by atoms with Crippen molar-refractivity contribution in [2.75, 3.05) is 5.73 Å². The highest BCUT2D eigenvalue weighted by Gasteiger charge is 2.13. The molecule has 2 rings (SSSR count). The summed E-state index contributed by atoms with van der Waals surface area (Å²) in [6, 6.07) is 7.25. The maximum absolute atomic E-state index is 11.7. The molecule has 1 aromatic carbocycles. The van der Waals surface area contributed by atoms with E-state index in [0.717, 1.165) is 5.56 Å². The van der Waals surface area contributed by atoms with Crippen molar-refractivity contribution in [1.29, 1.82) is 0 Å². The van der Waals surface area contributed by atoms with Crippen LogP contribution in [0.25, 0.3) is 0 Å². The van der Waals surface area contributed by atoms with Crippen LogP contribution in [0.2, 0.25) is 5.02 Å². The van der Waals surface area contributed by atoms with Gasteiger partial charge < -0.3 is 11.1 Å². The summed E-state index contributed by atoms with van der Waals surface area (Å²) in [5, 5.41) is 12.7. The van der Waals surface area contributed by atoms with Gasteiger partial charge in [0.15, 0.2) is 11.5 Å². The van der Waals surface area contributed by atoms with Crippen LogP contribution in [-0.2, 0) is 6.54 Å². The lowest BCUT2D eigenvalue weighted by atomic mass is 10.2. The van der Waals surface area contributed by atoms with Gasteiger partial charge in [-0.05, 0) is 11.6 Å². The van der Waals surface area contributed by atoms with Crippen molar-refractivity contribution in [3.8, 4) is 0 Å². The minimum absolute atomic E-state index is 0.0710. The summed E-state index contributed by atoms with van der Waals surface area (Å²) in [5.41, 5.74) is 6.35. The molecule has 6 nitrogen and oxygen atoms in total. The zero-order valence-electron chi connectivity index (χ0n) is 8.77. The van der Waals surface area contributed by atoms with E-state index in [2.05, 4.69) is 20.7 Å². The number of hydrogen-bond donors (Lipinski definition) is 3. The first kappa shape index (κ1) is 11.4. The average Bonchev–Trinajstić information content (AvgIpc) is 2.74. The van der Waals surface area contributed by atoms with E-state index in [9.17, 15) is 4.79 Å². The Bertz CT molecular complexity index is 539. The first-order valence-electron chi connectivity index (χ1n) is 4.86. The molecule has 4 N–H and O–H groups in total. The second-order valence-electron chi connectivity index (χ2n) is 3.33. The standard InChI is InChI=1S/C10H10ClN5O/c11-7-4-2-1-3-6(7)5-13-10(17)8-9(12)15-16-14-8/h1-4H,5H2,(H,13,17)(H3,12,14,15,16). The van der Waals surface area contributed by atoms with Crippen LogP contribution in [0.4, 0.5) is 5.82 Å². The van der Waals surface area contributed by atoms with Crippen LogP contribution in [0.5, 0.6) is 0 Å². The molecule has 0 radical (unpaired) electrons. The van der Waals surface area contributed by atoms with E-state index in [1.54, 1.807) is 6.07 Å². The normalized spacial score (nSPS) is 10.2. The van der Waals surface area contributed by atoms with Crippen molar-refractivity contribution in [1.82, 2.24) is 20.7 Å². The van der Waals surface area contributed by atoms with Crippen molar-refractivity contribution >= 4 is 23.3 Å². The van der Waals surface area contributed by atoms with Gasteiger partial charge in [0, 0.05) is 11.6 Å². The molecule has 17 heavy (non-hydrogen) atoms. The third-order valence-corrected chi connectivity index (χ3v) is 2.56. The van der Waals surface area contributed by atoms with Gasteiger partial charge in [0.05, 0.1) is 0 Å². The summed E-state index contributed by atoms with van der Waals surface area (Å²) in [6.07, 6.45) is 0. The number of benzene rings is 1. The number of aromatic nitrogens is 3. The molecular formula is C10H10ClN5O. The number of nitrogens with zero attached hydrogens (tertiary/aromatic N) is 2. The lowest BCUT2D eigenvalue weighted by Crippen LogP contribution is -2.24. The van der Waals surface area contributed by atoms with Gasteiger partial charge >= 0.3 is 0 Å². The highest BCUT2D eigenvalue weighted by Crippen LogP contribution is 2.14. The van der Waals surface area contributed by atoms with E-state index in [4.69, 9.17) is 17.3 Å². The van der Waals surface area contributed by atoms with E-state index in [0.29, 0.717) is 11.6 Å². The molecule has 0 atom stereocenters. The van der Waals surface area contributed by atoms with E-state index >= 15 is 0 Å². The number of nitrogens with one attached hydrogen (secondary N) is 2. The molecule has 7 heteroatoms. The average molecular weight is 252 g/mol. The number of aromatic amines is 1. The Morgan fingerprint density at radius 1 is 1.41 bits per heavy atom. The number of nitrogen functional groups attached to an aromatic ring is 1. The zero-order chi connectivity index (χ0) is 12.3. The Morgan fingerprint density at radius 2 is 2.18 bits per heavy atom. The van der Waals surface area contributed by atoms with Crippen LogP contribution in [0.3, 0.4) is 0 Å². The highest BCUT2D eigenvalue weighted by molar-refractivity contribution is 6.31. The number of nitrogens with two attached hydrogens (primary N) is 1. The minimum atomic E-state index is -0.392. The predicted molar refractivity (Wildman–Crippen MR) is 63.4 cm³/mol. The van der Waals surface area contributed by atoms with E-state index in [1.807, 2.05) is 18.2 Å². The van der Waals surface area contributed by atoms with Crippen LogP contribution in [0.15, 0.2) is 24.3 Å². The molecule has 0 aliphatic rings. The fourth-order valence-electron chi connectivity index (χ4n) is 1.31. The predicted octanol–water partition coefficient (Wildman–Crippen LogP) is 0.970. The quantitative estimate of drug-likeness (QED) is 0.757. The number of anilines is 1. The van der Waals surface area contributed by atoms with E-state index in [-0.39, 0.29) is 11.5 Å². The molecule has 2 aromatic rings. The fraction of sp³-hybridized carbons (Fsp3) is 0.100. The monoisotopic (exact) mass is 251 g/mol. The number of carbonyl (C=O) groups is 1. The molecule has 0 aliphatic heterocycles. The molecule has 1 aromatic heterocycles. The second-order valence-corrected chi connectivity index (χ2v) is 3.74. The fourth-order valence-corrected chi connectivity index (χ4v) is 1.51. The summed E-state index contributed by atoms with van der Waals surface area (Å²) in [6.45, 7) is 0.310. The van der Waals surface area contributed by atoms with Gasteiger partial charge in [-0.3, -0.25) is 4.79 Å². The Labute approximate surface area is 102 Å². The number of carbonyl (C=O) groups excluding carboxylic acids is 1. The van der Waals surface area contributed by atoms with Crippen LogP contribution in [0.1, 0.15) is 16.1 Å². The number of rotatable bonds is 3. The van der Waals surface area contributed by atoms with Gasteiger partial charge in [0.1, 0.15) is 0 Å². The van der Waals surface area contributed by atoms with Gasteiger partial charge in [-0.25, -0.2) is 0 Å². The Morgan fingerprint density at radius 3 is 2.82 bits per heavy atom. The molecule has 0 saturated carbocycles. The molecule has 0 fully saturated rings. The SMILES string of the molecule is Nc1n[nH]nc1C(=O)NCc1ccccc1Cl. The molecular weight excluding hydrogens is 242 g/mol. The lowest BCUT2D eigenvalue weighted by Gasteiger charge is -2.05. The Kier molecular flexibility index (Phi) is 3.24. The van der Waals surface area contributed by atoms with Crippen molar-refractivity contribution in [3.05, 3.63) is 40.5 Å². The first-order chi connectivity index (χ1) is 8.18. The minimum Gasteiger partial charge on any atom is -0.380 e. The van der Waals surface area contributed by atoms with Crippen molar-refractivity contribution in [3.63, 3.8) is 0 Å². The molecule has 0 aliphatic carbocycles. The van der Waals surface area contributed by atoms with Crippen molar-refractivity contribution in [2.24, 2.45) is 0 Å². The molecule has 1 heterocycles. The van der Waals surface area contributed by atoms with E-state index in [1.165, 1.54) is 0 Å². The van der Waals surface area contributed by atoms with Gasteiger partial charge in [0.25, 0.3) is 5.91 Å². The van der Waals surface area contributed by atoms with Crippen LogP contribution in [0, 0.1) is 0 Å². The number of halogens is 1. The number of amides is 1. The van der Waals surface area contributed by atoms with Gasteiger partial charge in [-0.15, -0.1) is 10.2 Å². The van der Waals surface area contributed by atoms with Gasteiger partial charge in [-0.1, -0.05) is 29.8 Å². The topological polar surface area (TPSA) is 96.7 Å². The summed E-state index contributed by atoms with van der Waals surface area (Å²) < 4.78 is 0. The smallest absolute Gasteiger partial charge is 0.275 e. The molecule has 0 spiro atoms. The van der Waals surface area contributed by atoms with Crippen molar-refractivity contribution in [2.45, 2.75) is 6.54 Å². The zero-order valence-corrected chi connectivity index (χ0v) is 9.53. The number of H-pyrrole nitrogens is 1. The largest absolute Gasteiger partial charge is 0.380 e. The van der Waals surface area contributed by atoms with Gasteiger partial charge in [0.2, 0.25) is 0 Å². The maximum Gasteiger partial charge on any atom is 0.275 e. The summed E-state index contributed by atoms with van der Waals surface area (Å²) in [5.74, 6) is -0.321.